The SMILES string of the molecule is CN(C)CCN(CCC(=O)Nc1ccc(F)cc1)Cc1ccccn1. The van der Waals surface area contributed by atoms with Crippen LogP contribution >= 0.6 is 0 Å². The number of rotatable bonds is 9. The van der Waals surface area contributed by atoms with Gasteiger partial charge in [-0.1, -0.05) is 6.07 Å². The first-order chi connectivity index (χ1) is 12.0. The number of anilines is 1. The summed E-state index contributed by atoms with van der Waals surface area (Å²) in [6.45, 7) is 3.11. The fourth-order valence-electron chi connectivity index (χ4n) is 2.35. The maximum atomic E-state index is 12.9. The number of likely N-dealkylation sites (N-methyl/N-ethyl adjacent to an activating group) is 1. The molecule has 0 aliphatic rings. The summed E-state index contributed by atoms with van der Waals surface area (Å²) in [6, 6.07) is 11.6. The lowest BCUT2D eigenvalue weighted by Crippen LogP contribution is -2.34. The molecule has 1 heterocycles. The van der Waals surface area contributed by atoms with Gasteiger partial charge in [-0.25, -0.2) is 4.39 Å². The highest BCUT2D eigenvalue weighted by molar-refractivity contribution is 5.90. The van der Waals surface area contributed by atoms with Gasteiger partial charge in [0.25, 0.3) is 0 Å². The van der Waals surface area contributed by atoms with Crippen molar-refractivity contribution in [3.05, 3.63) is 60.2 Å². The average molecular weight is 344 g/mol. The Balaban J connectivity index is 1.86. The highest BCUT2D eigenvalue weighted by Gasteiger charge is 2.10. The van der Waals surface area contributed by atoms with E-state index in [-0.39, 0.29) is 11.7 Å². The van der Waals surface area contributed by atoms with Gasteiger partial charge in [0.2, 0.25) is 5.91 Å². The molecule has 0 radical (unpaired) electrons. The first-order valence-electron chi connectivity index (χ1n) is 8.35. The first-order valence-corrected chi connectivity index (χ1v) is 8.35. The number of hydrogen-bond acceptors (Lipinski definition) is 4. The second-order valence-electron chi connectivity index (χ2n) is 6.21. The highest BCUT2D eigenvalue weighted by Crippen LogP contribution is 2.09. The molecule has 6 heteroatoms. The molecule has 0 spiro atoms. The number of amides is 1. The van der Waals surface area contributed by atoms with Crippen LogP contribution in [0.5, 0.6) is 0 Å². The quantitative estimate of drug-likeness (QED) is 0.760. The fourth-order valence-corrected chi connectivity index (χ4v) is 2.35. The number of nitrogens with zero attached hydrogens (tertiary/aromatic N) is 3. The third-order valence-corrected chi connectivity index (χ3v) is 3.76. The Hall–Kier alpha value is -2.31. The number of aromatic nitrogens is 1. The molecule has 0 atom stereocenters. The topological polar surface area (TPSA) is 48.5 Å². The number of carbonyl (C=O) groups excluding carboxylic acids is 1. The Morgan fingerprint density at radius 3 is 2.48 bits per heavy atom. The minimum atomic E-state index is -0.316. The van der Waals surface area contributed by atoms with Gasteiger partial charge in [-0.2, -0.15) is 0 Å². The van der Waals surface area contributed by atoms with E-state index in [4.69, 9.17) is 0 Å². The lowest BCUT2D eigenvalue weighted by atomic mass is 10.2. The summed E-state index contributed by atoms with van der Waals surface area (Å²) < 4.78 is 12.9. The maximum absolute atomic E-state index is 12.9. The van der Waals surface area contributed by atoms with E-state index in [1.54, 1.807) is 18.3 Å². The molecule has 0 saturated carbocycles. The van der Waals surface area contributed by atoms with Gasteiger partial charge < -0.3 is 10.2 Å². The summed E-state index contributed by atoms with van der Waals surface area (Å²) in [4.78, 5) is 20.8. The minimum Gasteiger partial charge on any atom is -0.326 e. The molecule has 1 N–H and O–H groups in total. The van der Waals surface area contributed by atoms with Crippen molar-refractivity contribution in [1.82, 2.24) is 14.8 Å². The molecule has 134 valence electrons. The van der Waals surface area contributed by atoms with Crippen molar-refractivity contribution in [2.75, 3.05) is 39.0 Å². The average Bonchev–Trinajstić information content (AvgIpc) is 2.60. The zero-order valence-electron chi connectivity index (χ0n) is 14.8. The van der Waals surface area contributed by atoms with Crippen LogP contribution in [0.3, 0.4) is 0 Å². The largest absolute Gasteiger partial charge is 0.326 e. The van der Waals surface area contributed by atoms with Crippen LogP contribution in [-0.2, 0) is 11.3 Å². The van der Waals surface area contributed by atoms with Gasteiger partial charge in [-0.3, -0.25) is 14.7 Å². The van der Waals surface area contributed by atoms with Gasteiger partial charge >= 0.3 is 0 Å². The summed E-state index contributed by atoms with van der Waals surface area (Å²) in [5.74, 6) is -0.397. The minimum absolute atomic E-state index is 0.0810. The van der Waals surface area contributed by atoms with Crippen molar-refractivity contribution in [3.63, 3.8) is 0 Å². The van der Waals surface area contributed by atoms with Crippen LogP contribution in [0.25, 0.3) is 0 Å². The third-order valence-electron chi connectivity index (χ3n) is 3.76. The number of nitrogens with one attached hydrogen (secondary N) is 1. The Morgan fingerprint density at radius 1 is 1.08 bits per heavy atom. The Labute approximate surface area is 148 Å². The third kappa shape index (κ3) is 7.41. The molecule has 25 heavy (non-hydrogen) atoms. The predicted octanol–water partition coefficient (Wildman–Crippen LogP) is 2.61. The van der Waals surface area contributed by atoms with Crippen LogP contribution in [0.15, 0.2) is 48.7 Å². The summed E-state index contributed by atoms with van der Waals surface area (Å²) >= 11 is 0. The Morgan fingerprint density at radius 2 is 1.84 bits per heavy atom. The van der Waals surface area contributed by atoms with Crippen molar-refractivity contribution in [3.8, 4) is 0 Å². The predicted molar refractivity (Wildman–Crippen MR) is 97.7 cm³/mol. The molecule has 0 unspecified atom stereocenters. The zero-order valence-corrected chi connectivity index (χ0v) is 14.8. The molecule has 0 aliphatic heterocycles. The zero-order chi connectivity index (χ0) is 18.1. The molecular weight excluding hydrogens is 319 g/mol. The van der Waals surface area contributed by atoms with Crippen LogP contribution in [0.2, 0.25) is 0 Å². The summed E-state index contributed by atoms with van der Waals surface area (Å²) in [5.41, 5.74) is 1.59. The van der Waals surface area contributed by atoms with E-state index in [2.05, 4.69) is 20.1 Å². The monoisotopic (exact) mass is 344 g/mol. The second-order valence-corrected chi connectivity index (χ2v) is 6.21. The molecule has 0 aliphatic carbocycles. The van der Waals surface area contributed by atoms with Crippen LogP contribution in [0.4, 0.5) is 10.1 Å². The molecule has 2 rings (SSSR count). The highest BCUT2D eigenvalue weighted by atomic mass is 19.1. The molecule has 0 saturated heterocycles. The van der Waals surface area contributed by atoms with E-state index in [0.29, 0.717) is 25.2 Å². The molecular formula is C19H25FN4O. The number of hydrogen-bond donors (Lipinski definition) is 1. The number of pyridine rings is 1. The van der Waals surface area contributed by atoms with Crippen LogP contribution in [0.1, 0.15) is 12.1 Å². The van der Waals surface area contributed by atoms with E-state index in [9.17, 15) is 9.18 Å². The van der Waals surface area contributed by atoms with Gasteiger partial charge in [0.1, 0.15) is 5.82 Å². The van der Waals surface area contributed by atoms with Crippen molar-refractivity contribution in [2.24, 2.45) is 0 Å². The number of carbonyl (C=O) groups is 1. The van der Waals surface area contributed by atoms with E-state index in [0.717, 1.165) is 18.8 Å². The molecule has 1 aromatic carbocycles. The lowest BCUT2D eigenvalue weighted by Gasteiger charge is -2.23. The van der Waals surface area contributed by atoms with E-state index in [1.165, 1.54) is 12.1 Å². The van der Waals surface area contributed by atoms with Crippen LogP contribution in [-0.4, -0.2) is 54.4 Å². The molecule has 1 aromatic heterocycles. The molecule has 1 amide bonds. The summed E-state index contributed by atoms with van der Waals surface area (Å²) in [5, 5.41) is 2.79. The van der Waals surface area contributed by atoms with Gasteiger partial charge in [-0.15, -0.1) is 0 Å². The molecule has 0 bridgehead atoms. The van der Waals surface area contributed by atoms with Crippen LogP contribution < -0.4 is 5.32 Å². The molecule has 5 nitrogen and oxygen atoms in total. The van der Waals surface area contributed by atoms with Gasteiger partial charge in [0, 0.05) is 44.5 Å². The molecule has 0 fully saturated rings. The van der Waals surface area contributed by atoms with Crippen molar-refractivity contribution < 1.29 is 9.18 Å². The molecule has 2 aromatic rings. The van der Waals surface area contributed by atoms with Gasteiger partial charge in [-0.05, 0) is 50.5 Å². The van der Waals surface area contributed by atoms with Crippen molar-refractivity contribution >= 4 is 11.6 Å². The lowest BCUT2D eigenvalue weighted by molar-refractivity contribution is -0.116. The summed E-state index contributed by atoms with van der Waals surface area (Å²) in [7, 11) is 4.06. The standard InChI is InChI=1S/C19H25FN4O/c1-23(2)13-14-24(15-18-5-3-4-11-21-18)12-10-19(25)22-17-8-6-16(20)7-9-17/h3-9,11H,10,12-15H2,1-2H3,(H,22,25). The maximum Gasteiger partial charge on any atom is 0.225 e. The van der Waals surface area contributed by atoms with Gasteiger partial charge in [0.15, 0.2) is 0 Å². The van der Waals surface area contributed by atoms with Crippen LogP contribution in [0, 0.1) is 5.82 Å². The Bertz CT molecular complexity index is 646. The first kappa shape index (κ1) is 19.0. The second kappa shape index (κ2) is 9.86. The summed E-state index contributed by atoms with van der Waals surface area (Å²) in [6.07, 6.45) is 2.15. The van der Waals surface area contributed by atoms with Gasteiger partial charge in [0.05, 0.1) is 5.69 Å². The van der Waals surface area contributed by atoms with E-state index in [1.807, 2.05) is 32.3 Å². The fraction of sp³-hybridized carbons (Fsp3) is 0.368. The van der Waals surface area contributed by atoms with E-state index >= 15 is 0 Å². The normalized spacial score (nSPS) is 11.1. The smallest absolute Gasteiger partial charge is 0.225 e. The van der Waals surface area contributed by atoms with Crippen molar-refractivity contribution in [2.45, 2.75) is 13.0 Å². The number of halogens is 1. The number of benzene rings is 1. The van der Waals surface area contributed by atoms with E-state index < -0.39 is 0 Å². The van der Waals surface area contributed by atoms with Crippen molar-refractivity contribution in [1.29, 1.82) is 0 Å². The Kier molecular flexibility index (Phi) is 7.50.